The predicted octanol–water partition coefficient (Wildman–Crippen LogP) is 3.34. The highest BCUT2D eigenvalue weighted by Gasteiger charge is 2.32. The van der Waals surface area contributed by atoms with Gasteiger partial charge in [-0.3, -0.25) is 24.0 Å². The monoisotopic (exact) mass is 559 g/mol. The first kappa shape index (κ1) is 27.5. The van der Waals surface area contributed by atoms with Crippen LogP contribution >= 0.6 is 11.3 Å². The molecule has 2 aromatic heterocycles. The van der Waals surface area contributed by atoms with Crippen LogP contribution < -0.4 is 10.0 Å². The van der Waals surface area contributed by atoms with Crippen LogP contribution in [0.3, 0.4) is 0 Å². The Morgan fingerprint density at radius 3 is 2.39 bits per heavy atom. The molecular weight excluding hydrogens is 530 g/mol. The molecule has 202 valence electrons. The number of aromatic nitrogens is 2. The molecule has 38 heavy (non-hydrogen) atoms. The van der Waals surface area contributed by atoms with Crippen molar-refractivity contribution in [3.05, 3.63) is 76.0 Å². The fourth-order valence-electron chi connectivity index (χ4n) is 3.99. The highest BCUT2D eigenvalue weighted by molar-refractivity contribution is 7.87. The maximum absolute atomic E-state index is 13.6. The molecule has 1 aliphatic rings. The molecule has 3 N–H and O–H groups in total. The van der Waals surface area contributed by atoms with E-state index in [9.17, 15) is 18.0 Å². The van der Waals surface area contributed by atoms with Crippen molar-refractivity contribution >= 4 is 39.3 Å². The second-order valence-electron chi connectivity index (χ2n) is 9.08. The summed E-state index contributed by atoms with van der Waals surface area (Å²) in [4.78, 5) is 36.1. The average molecular weight is 560 g/mol. The van der Waals surface area contributed by atoms with Gasteiger partial charge in [-0.1, -0.05) is 12.1 Å². The van der Waals surface area contributed by atoms with Crippen molar-refractivity contribution in [3.63, 3.8) is 0 Å². The second kappa shape index (κ2) is 11.9. The van der Waals surface area contributed by atoms with Crippen molar-refractivity contribution in [2.24, 2.45) is 0 Å². The molecule has 4 rings (SSSR count). The Labute approximate surface area is 225 Å². The number of nitrogens with zero attached hydrogens (tertiary/aromatic N) is 3. The number of rotatable bonds is 11. The van der Waals surface area contributed by atoms with Gasteiger partial charge in [0, 0.05) is 37.2 Å². The summed E-state index contributed by atoms with van der Waals surface area (Å²) in [5.74, 6) is 0.0890. The first-order chi connectivity index (χ1) is 18.1. The van der Waals surface area contributed by atoms with E-state index in [1.807, 2.05) is 10.1 Å². The maximum Gasteiger partial charge on any atom is 0.409 e. The van der Waals surface area contributed by atoms with E-state index in [1.165, 1.54) is 31.2 Å². The summed E-state index contributed by atoms with van der Waals surface area (Å²) in [5.41, 5.74) is 2.57. The van der Waals surface area contributed by atoms with Gasteiger partial charge in [-0.15, -0.1) is 11.3 Å². The smallest absolute Gasteiger partial charge is 0.409 e. The molecule has 2 heterocycles. The summed E-state index contributed by atoms with van der Waals surface area (Å²) in [6.07, 6.45) is 5.44. The van der Waals surface area contributed by atoms with Gasteiger partial charge in [0.25, 0.3) is 0 Å². The number of nitrogens with one attached hydrogen (secondary N) is 2. The Balaban J connectivity index is 1.58. The SMILES string of the molecule is COC(=O)N(C)C(Cc1ccncc1)C(=O)N[C@@H](Cc1ccc(NS(=O)(=O)O)cc1)c1csc(C2CC2)n1. The minimum atomic E-state index is -4.39. The van der Waals surface area contributed by atoms with Crippen LogP contribution in [0.1, 0.15) is 46.6 Å². The zero-order valence-electron chi connectivity index (χ0n) is 20.9. The molecule has 0 radical (unpaired) electrons. The third-order valence-electron chi connectivity index (χ3n) is 6.19. The number of thiazole rings is 1. The van der Waals surface area contributed by atoms with Crippen molar-refractivity contribution in [2.45, 2.75) is 43.7 Å². The van der Waals surface area contributed by atoms with E-state index in [0.29, 0.717) is 18.0 Å². The van der Waals surface area contributed by atoms with E-state index >= 15 is 0 Å². The van der Waals surface area contributed by atoms with Crippen molar-refractivity contribution in [3.8, 4) is 0 Å². The van der Waals surface area contributed by atoms with Crippen molar-refractivity contribution in [1.82, 2.24) is 20.2 Å². The molecular formula is C25H29N5O6S2. The lowest BCUT2D eigenvalue weighted by Crippen LogP contribution is -2.50. The number of methoxy groups -OCH3 is 1. The van der Waals surface area contributed by atoms with Crippen LogP contribution in [0.25, 0.3) is 0 Å². The largest absolute Gasteiger partial charge is 0.453 e. The van der Waals surface area contributed by atoms with Crippen LogP contribution in [0.2, 0.25) is 0 Å². The van der Waals surface area contributed by atoms with Crippen LogP contribution in [0.15, 0.2) is 54.2 Å². The summed E-state index contributed by atoms with van der Waals surface area (Å²) < 4.78 is 38.1. The van der Waals surface area contributed by atoms with Crippen molar-refractivity contribution in [2.75, 3.05) is 18.9 Å². The molecule has 11 nitrogen and oxygen atoms in total. The van der Waals surface area contributed by atoms with E-state index in [-0.39, 0.29) is 18.0 Å². The molecule has 1 saturated carbocycles. The predicted molar refractivity (Wildman–Crippen MR) is 142 cm³/mol. The number of ether oxygens (including phenoxy) is 1. The Hall–Kier alpha value is -3.55. The number of amides is 2. The maximum atomic E-state index is 13.6. The standard InChI is InChI=1S/C25H29N5O6S2/c1-30(25(32)36-2)22(14-17-9-11-26-12-10-17)23(31)27-20(21-15-37-24(28-21)18-5-6-18)13-16-3-7-19(8-4-16)29-38(33,34)35/h3-4,7-12,15,18,20,22,29H,5-6,13-14H2,1-2H3,(H,27,31)(H,33,34,35)/t20-,22?/m0/s1. The van der Waals surface area contributed by atoms with Crippen molar-refractivity contribution < 1.29 is 27.3 Å². The average Bonchev–Trinajstić information content (AvgIpc) is 3.63. The van der Waals surface area contributed by atoms with E-state index in [4.69, 9.17) is 14.3 Å². The van der Waals surface area contributed by atoms with Crippen LogP contribution in [0.5, 0.6) is 0 Å². The molecule has 1 aromatic carbocycles. The Morgan fingerprint density at radius 2 is 1.79 bits per heavy atom. The number of carbonyl (C=O) groups excluding carboxylic acids is 2. The van der Waals surface area contributed by atoms with E-state index in [1.54, 1.807) is 48.0 Å². The molecule has 0 aliphatic heterocycles. The summed E-state index contributed by atoms with van der Waals surface area (Å²) in [5, 5.41) is 6.05. The number of pyridine rings is 1. The fourth-order valence-corrected chi connectivity index (χ4v) is 5.47. The molecule has 2 amide bonds. The third kappa shape index (κ3) is 7.49. The lowest BCUT2D eigenvalue weighted by atomic mass is 10.0. The molecule has 1 fully saturated rings. The molecule has 0 spiro atoms. The first-order valence-electron chi connectivity index (χ1n) is 11.9. The second-order valence-corrected chi connectivity index (χ2v) is 11.1. The minimum absolute atomic E-state index is 0.207. The summed E-state index contributed by atoms with van der Waals surface area (Å²) in [6, 6.07) is 8.67. The fraction of sp³-hybridized carbons (Fsp3) is 0.360. The topological polar surface area (TPSA) is 151 Å². The number of anilines is 1. The molecule has 0 bridgehead atoms. The van der Waals surface area contributed by atoms with Crippen molar-refractivity contribution in [1.29, 1.82) is 0 Å². The quantitative estimate of drug-likeness (QED) is 0.303. The van der Waals surface area contributed by atoms with Crippen LogP contribution in [0.4, 0.5) is 10.5 Å². The van der Waals surface area contributed by atoms with E-state index in [0.717, 1.165) is 29.0 Å². The first-order valence-corrected chi connectivity index (χ1v) is 14.2. The minimum Gasteiger partial charge on any atom is -0.453 e. The summed E-state index contributed by atoms with van der Waals surface area (Å²) in [7, 11) is -1.61. The highest BCUT2D eigenvalue weighted by atomic mass is 32.2. The third-order valence-corrected chi connectivity index (χ3v) is 7.71. The Bertz CT molecular complexity index is 1360. The van der Waals surface area contributed by atoms with Gasteiger partial charge in [0.15, 0.2) is 0 Å². The van der Waals surface area contributed by atoms with Gasteiger partial charge in [-0.2, -0.15) is 8.42 Å². The molecule has 1 unspecified atom stereocenters. The Morgan fingerprint density at radius 1 is 1.13 bits per heavy atom. The van der Waals surface area contributed by atoms with Crippen LogP contribution in [-0.2, 0) is 32.7 Å². The lowest BCUT2D eigenvalue weighted by molar-refractivity contribution is -0.126. The number of hydrogen-bond acceptors (Lipinski definition) is 8. The van der Waals surface area contributed by atoms with E-state index < -0.39 is 28.5 Å². The van der Waals surface area contributed by atoms with Crippen LogP contribution in [0, 0.1) is 0 Å². The van der Waals surface area contributed by atoms with Gasteiger partial charge in [0.1, 0.15) is 6.04 Å². The zero-order valence-corrected chi connectivity index (χ0v) is 22.5. The van der Waals surface area contributed by atoms with Gasteiger partial charge in [0.05, 0.1) is 29.5 Å². The number of likely N-dealkylation sites (N-methyl/N-ethyl adjacent to an activating group) is 1. The Kier molecular flexibility index (Phi) is 8.59. The molecule has 3 aromatic rings. The van der Waals surface area contributed by atoms with Gasteiger partial charge >= 0.3 is 16.4 Å². The lowest BCUT2D eigenvalue weighted by Gasteiger charge is -2.28. The van der Waals surface area contributed by atoms with Crippen LogP contribution in [-0.4, -0.2) is 60.0 Å². The van der Waals surface area contributed by atoms with Gasteiger partial charge in [0.2, 0.25) is 5.91 Å². The molecule has 2 atom stereocenters. The highest BCUT2D eigenvalue weighted by Crippen LogP contribution is 2.42. The summed E-state index contributed by atoms with van der Waals surface area (Å²) in [6.45, 7) is 0. The van der Waals surface area contributed by atoms with E-state index in [2.05, 4.69) is 10.3 Å². The molecule has 0 saturated heterocycles. The number of carbonyl (C=O) groups is 2. The van der Waals surface area contributed by atoms with Gasteiger partial charge in [-0.25, -0.2) is 9.78 Å². The number of benzene rings is 1. The normalized spacial score (nSPS) is 14.8. The molecule has 13 heteroatoms. The zero-order chi connectivity index (χ0) is 27.3. The summed E-state index contributed by atoms with van der Waals surface area (Å²) >= 11 is 1.56. The van der Waals surface area contributed by atoms with Gasteiger partial charge in [-0.05, 0) is 54.7 Å². The number of hydrogen-bond donors (Lipinski definition) is 3. The van der Waals surface area contributed by atoms with Gasteiger partial charge < -0.3 is 10.1 Å². The molecule has 1 aliphatic carbocycles.